The first-order valence-corrected chi connectivity index (χ1v) is 6.91. The number of nitrogen functional groups attached to an aromatic ring is 1. The molecule has 0 spiro atoms. The first kappa shape index (κ1) is 14.1. The highest BCUT2D eigenvalue weighted by atomic mass is 16.1. The molecule has 0 radical (unpaired) electrons. The van der Waals surface area contributed by atoms with Gasteiger partial charge in [0.2, 0.25) is 0 Å². The van der Waals surface area contributed by atoms with E-state index in [0.29, 0.717) is 11.7 Å². The largest absolute Gasteiger partial charge is 0.398 e. The Morgan fingerprint density at radius 3 is 2.58 bits per heavy atom. The number of aromatic nitrogens is 1. The highest BCUT2D eigenvalue weighted by Crippen LogP contribution is 2.13. The van der Waals surface area contributed by atoms with Gasteiger partial charge in [0.25, 0.3) is 5.56 Å². The van der Waals surface area contributed by atoms with Crippen molar-refractivity contribution in [2.24, 2.45) is 0 Å². The van der Waals surface area contributed by atoms with Crippen molar-refractivity contribution in [3.63, 3.8) is 0 Å². The van der Waals surface area contributed by atoms with Crippen LogP contribution in [0, 0.1) is 0 Å². The Balaban J connectivity index is 1.84. The Bertz CT molecular complexity index is 461. The van der Waals surface area contributed by atoms with Gasteiger partial charge in [-0.15, -0.1) is 0 Å². The lowest BCUT2D eigenvalue weighted by Gasteiger charge is -2.35. The van der Waals surface area contributed by atoms with E-state index in [1.54, 1.807) is 16.8 Å². The third-order valence-electron chi connectivity index (χ3n) is 3.95. The van der Waals surface area contributed by atoms with E-state index in [1.807, 2.05) is 0 Å². The fourth-order valence-corrected chi connectivity index (χ4v) is 2.63. The molecule has 19 heavy (non-hydrogen) atoms. The summed E-state index contributed by atoms with van der Waals surface area (Å²) in [4.78, 5) is 16.4. The summed E-state index contributed by atoms with van der Waals surface area (Å²) in [6.45, 7) is 3.86. The summed E-state index contributed by atoms with van der Waals surface area (Å²) in [5, 5.41) is 0. The van der Waals surface area contributed by atoms with Crippen molar-refractivity contribution in [2.75, 3.05) is 39.5 Å². The van der Waals surface area contributed by atoms with Crippen LogP contribution >= 0.6 is 0 Å². The zero-order valence-electron chi connectivity index (χ0n) is 11.9. The molecule has 5 nitrogen and oxygen atoms in total. The fraction of sp³-hybridized carbons (Fsp3) is 0.643. The van der Waals surface area contributed by atoms with Crippen LogP contribution in [0.4, 0.5) is 5.69 Å². The van der Waals surface area contributed by atoms with Gasteiger partial charge in [-0.25, -0.2) is 0 Å². The Kier molecular flexibility index (Phi) is 4.61. The van der Waals surface area contributed by atoms with E-state index in [2.05, 4.69) is 23.9 Å². The Morgan fingerprint density at radius 1 is 1.26 bits per heavy atom. The second-order valence-electron chi connectivity index (χ2n) is 5.53. The standard InChI is InChI=1S/C14H24N4O/c1-16(2)13-5-7-17(8-6-13)9-10-18-11-12(15)3-4-14(18)19/h3-4,11,13H,5-10,15H2,1-2H3. The zero-order valence-corrected chi connectivity index (χ0v) is 11.9. The summed E-state index contributed by atoms with van der Waals surface area (Å²) in [5.74, 6) is 0. The van der Waals surface area contributed by atoms with E-state index < -0.39 is 0 Å². The van der Waals surface area contributed by atoms with Crippen LogP contribution in [0.2, 0.25) is 0 Å². The third kappa shape index (κ3) is 3.81. The molecule has 0 aromatic carbocycles. The molecule has 0 amide bonds. The quantitative estimate of drug-likeness (QED) is 0.858. The van der Waals surface area contributed by atoms with Gasteiger partial charge in [-0.1, -0.05) is 0 Å². The van der Waals surface area contributed by atoms with Crippen LogP contribution in [-0.2, 0) is 6.54 Å². The average Bonchev–Trinajstić information content (AvgIpc) is 2.40. The van der Waals surface area contributed by atoms with Gasteiger partial charge in [0, 0.05) is 37.1 Å². The lowest BCUT2D eigenvalue weighted by atomic mass is 10.0. The smallest absolute Gasteiger partial charge is 0.250 e. The van der Waals surface area contributed by atoms with Gasteiger partial charge in [0.15, 0.2) is 0 Å². The predicted molar refractivity (Wildman–Crippen MR) is 78.3 cm³/mol. The third-order valence-corrected chi connectivity index (χ3v) is 3.95. The van der Waals surface area contributed by atoms with Crippen LogP contribution in [0.25, 0.3) is 0 Å². The summed E-state index contributed by atoms with van der Waals surface area (Å²) < 4.78 is 1.70. The number of hydrogen-bond acceptors (Lipinski definition) is 4. The SMILES string of the molecule is CN(C)C1CCN(CCn2cc(N)ccc2=O)CC1. The molecule has 0 unspecified atom stereocenters. The van der Waals surface area contributed by atoms with Crippen molar-refractivity contribution in [3.05, 3.63) is 28.7 Å². The van der Waals surface area contributed by atoms with Crippen molar-refractivity contribution in [2.45, 2.75) is 25.4 Å². The Morgan fingerprint density at radius 2 is 1.95 bits per heavy atom. The van der Waals surface area contributed by atoms with Crippen molar-refractivity contribution in [3.8, 4) is 0 Å². The molecule has 1 aliphatic rings. The molecule has 1 aliphatic heterocycles. The molecular weight excluding hydrogens is 240 g/mol. The maximum Gasteiger partial charge on any atom is 0.250 e. The van der Waals surface area contributed by atoms with Crippen LogP contribution in [-0.4, -0.2) is 54.1 Å². The first-order valence-electron chi connectivity index (χ1n) is 6.91. The summed E-state index contributed by atoms with van der Waals surface area (Å²) in [6.07, 6.45) is 4.15. The van der Waals surface area contributed by atoms with Gasteiger partial charge < -0.3 is 20.1 Å². The number of nitrogens with zero attached hydrogens (tertiary/aromatic N) is 3. The van der Waals surface area contributed by atoms with Crippen LogP contribution in [0.5, 0.6) is 0 Å². The van der Waals surface area contributed by atoms with Crippen molar-refractivity contribution in [1.29, 1.82) is 0 Å². The lowest BCUT2D eigenvalue weighted by Crippen LogP contribution is -2.43. The monoisotopic (exact) mass is 264 g/mol. The predicted octanol–water partition coefficient (Wildman–Crippen LogP) is 0.457. The molecule has 1 aromatic heterocycles. The van der Waals surface area contributed by atoms with Crippen LogP contribution < -0.4 is 11.3 Å². The van der Waals surface area contributed by atoms with E-state index in [-0.39, 0.29) is 5.56 Å². The number of anilines is 1. The number of rotatable bonds is 4. The maximum absolute atomic E-state index is 11.7. The van der Waals surface area contributed by atoms with E-state index >= 15 is 0 Å². The van der Waals surface area contributed by atoms with Gasteiger partial charge >= 0.3 is 0 Å². The molecule has 106 valence electrons. The molecule has 0 aliphatic carbocycles. The number of pyridine rings is 1. The van der Waals surface area contributed by atoms with E-state index in [9.17, 15) is 4.79 Å². The Hall–Kier alpha value is -1.33. The van der Waals surface area contributed by atoms with Gasteiger partial charge in [-0.2, -0.15) is 0 Å². The number of likely N-dealkylation sites (tertiary alicyclic amines) is 1. The van der Waals surface area contributed by atoms with Gasteiger partial charge in [-0.3, -0.25) is 4.79 Å². The molecule has 2 heterocycles. The fourth-order valence-electron chi connectivity index (χ4n) is 2.63. The minimum Gasteiger partial charge on any atom is -0.398 e. The lowest BCUT2D eigenvalue weighted by molar-refractivity contribution is 0.141. The minimum absolute atomic E-state index is 0.0253. The van der Waals surface area contributed by atoms with Gasteiger partial charge in [0.05, 0.1) is 0 Å². The number of hydrogen-bond donors (Lipinski definition) is 1. The molecule has 1 aromatic rings. The molecule has 0 atom stereocenters. The maximum atomic E-state index is 11.7. The van der Waals surface area contributed by atoms with Crippen molar-refractivity contribution in [1.82, 2.24) is 14.4 Å². The normalized spacial score (nSPS) is 18.1. The number of piperidine rings is 1. The number of nitrogens with two attached hydrogens (primary N) is 1. The average molecular weight is 264 g/mol. The van der Waals surface area contributed by atoms with E-state index in [4.69, 9.17) is 5.73 Å². The second kappa shape index (κ2) is 6.21. The Labute approximate surface area is 114 Å². The highest BCUT2D eigenvalue weighted by molar-refractivity contribution is 5.33. The minimum atomic E-state index is 0.0253. The molecule has 0 saturated carbocycles. The topological polar surface area (TPSA) is 54.5 Å². The first-order chi connectivity index (χ1) is 9.06. The van der Waals surface area contributed by atoms with Crippen molar-refractivity contribution < 1.29 is 0 Å². The highest BCUT2D eigenvalue weighted by Gasteiger charge is 2.20. The van der Waals surface area contributed by atoms with Crippen LogP contribution in [0.1, 0.15) is 12.8 Å². The van der Waals surface area contributed by atoms with Crippen LogP contribution in [0.15, 0.2) is 23.1 Å². The molecule has 2 rings (SSSR count). The molecular formula is C14H24N4O. The molecule has 5 heteroatoms. The summed E-state index contributed by atoms with van der Waals surface area (Å²) in [7, 11) is 4.29. The molecule has 2 N–H and O–H groups in total. The van der Waals surface area contributed by atoms with Gasteiger partial charge in [-0.05, 0) is 46.1 Å². The van der Waals surface area contributed by atoms with Gasteiger partial charge in [0.1, 0.15) is 0 Å². The van der Waals surface area contributed by atoms with Crippen LogP contribution in [0.3, 0.4) is 0 Å². The summed E-state index contributed by atoms with van der Waals surface area (Å²) in [6, 6.07) is 3.89. The molecule has 0 bridgehead atoms. The zero-order chi connectivity index (χ0) is 13.8. The molecule has 1 fully saturated rings. The summed E-state index contributed by atoms with van der Waals surface area (Å²) >= 11 is 0. The summed E-state index contributed by atoms with van der Waals surface area (Å²) in [5.41, 5.74) is 6.38. The second-order valence-corrected chi connectivity index (χ2v) is 5.53. The van der Waals surface area contributed by atoms with Crippen molar-refractivity contribution >= 4 is 5.69 Å². The van der Waals surface area contributed by atoms with E-state index in [1.165, 1.54) is 18.9 Å². The molecule has 1 saturated heterocycles. The van der Waals surface area contributed by atoms with E-state index in [0.717, 1.165) is 26.2 Å².